The van der Waals surface area contributed by atoms with Gasteiger partial charge >= 0.3 is 0 Å². The molecule has 1 aliphatic carbocycles. The van der Waals surface area contributed by atoms with E-state index in [4.69, 9.17) is 11.6 Å². The molecule has 0 radical (unpaired) electrons. The molecular formula is C20H28ClN5O. The number of carbonyl (C=O) groups is 1. The zero-order valence-corrected chi connectivity index (χ0v) is 17.0. The first-order chi connectivity index (χ1) is 12.8. The molecule has 6 nitrogen and oxygen atoms in total. The first kappa shape index (κ1) is 19.8. The molecule has 2 N–H and O–H groups in total. The maximum Gasteiger partial charge on any atom is 0.238 e. The molecule has 0 spiro atoms. The summed E-state index contributed by atoms with van der Waals surface area (Å²) in [4.78, 5) is 16.5. The molecule has 0 aliphatic heterocycles. The van der Waals surface area contributed by atoms with E-state index in [9.17, 15) is 4.79 Å². The Hall–Kier alpha value is -1.92. The molecule has 2 atom stereocenters. The number of hydrogen-bond acceptors (Lipinski definition) is 4. The molecule has 7 heteroatoms. The van der Waals surface area contributed by atoms with E-state index in [0.717, 1.165) is 12.1 Å². The minimum absolute atomic E-state index is 0.0862. The lowest BCUT2D eigenvalue weighted by Crippen LogP contribution is -2.46. The fourth-order valence-electron chi connectivity index (χ4n) is 3.97. The van der Waals surface area contributed by atoms with Crippen LogP contribution < -0.4 is 10.6 Å². The summed E-state index contributed by atoms with van der Waals surface area (Å²) in [5, 5.41) is 11.1. The number of amides is 1. The summed E-state index contributed by atoms with van der Waals surface area (Å²) >= 11 is 6.12. The van der Waals surface area contributed by atoms with Crippen molar-refractivity contribution >= 4 is 23.2 Å². The molecule has 1 amide bonds. The molecule has 1 fully saturated rings. The Morgan fingerprint density at radius 1 is 1.30 bits per heavy atom. The van der Waals surface area contributed by atoms with Crippen LogP contribution in [-0.2, 0) is 4.79 Å². The van der Waals surface area contributed by atoms with Crippen LogP contribution in [0.2, 0.25) is 5.02 Å². The molecule has 2 aromatic rings. The number of nitrogens with one attached hydrogen (secondary N) is 2. The fraction of sp³-hybridized carbons (Fsp3) is 0.550. The Morgan fingerprint density at radius 2 is 2.07 bits per heavy atom. The van der Waals surface area contributed by atoms with Crippen LogP contribution in [0.15, 0.2) is 30.9 Å². The third-order valence-corrected chi connectivity index (χ3v) is 5.54. The number of benzene rings is 1. The number of nitrogens with zero attached hydrogens (tertiary/aromatic N) is 3. The molecule has 1 aromatic heterocycles. The standard InChI is InChI=1S/C20H28ClN5O/c1-20(2,3)15-6-4-5-7-16(15)23-11-19(27)25-17-10-14(21)8-9-18(17)26-13-22-12-24-26/h8-10,12-13,15-16,23H,4-7,11H2,1-3H3,(H,25,27). The third kappa shape index (κ3) is 5.08. The van der Waals surface area contributed by atoms with Crippen LogP contribution >= 0.6 is 11.6 Å². The number of anilines is 1. The highest BCUT2D eigenvalue weighted by molar-refractivity contribution is 6.31. The van der Waals surface area contributed by atoms with Gasteiger partial charge in [-0.2, -0.15) is 5.10 Å². The highest BCUT2D eigenvalue weighted by atomic mass is 35.5. The lowest BCUT2D eigenvalue weighted by Gasteiger charge is -2.40. The van der Waals surface area contributed by atoms with Gasteiger partial charge in [-0.25, -0.2) is 9.67 Å². The van der Waals surface area contributed by atoms with Gasteiger partial charge in [0, 0.05) is 11.1 Å². The molecule has 1 saturated carbocycles. The number of halogens is 1. The fourth-order valence-corrected chi connectivity index (χ4v) is 4.14. The minimum atomic E-state index is -0.0862. The van der Waals surface area contributed by atoms with E-state index in [1.165, 1.54) is 25.6 Å². The van der Waals surface area contributed by atoms with Crippen LogP contribution in [0.5, 0.6) is 0 Å². The van der Waals surface area contributed by atoms with Crippen molar-refractivity contribution in [3.05, 3.63) is 35.9 Å². The lowest BCUT2D eigenvalue weighted by atomic mass is 9.69. The second-order valence-corrected chi connectivity index (χ2v) is 8.73. The lowest BCUT2D eigenvalue weighted by molar-refractivity contribution is -0.115. The van der Waals surface area contributed by atoms with E-state index < -0.39 is 0 Å². The Labute approximate surface area is 165 Å². The first-order valence-corrected chi connectivity index (χ1v) is 9.90. The smallest absolute Gasteiger partial charge is 0.238 e. The van der Waals surface area contributed by atoms with Gasteiger partial charge in [-0.3, -0.25) is 4.79 Å². The molecule has 1 aromatic carbocycles. The van der Waals surface area contributed by atoms with Crippen molar-refractivity contribution in [1.29, 1.82) is 0 Å². The van der Waals surface area contributed by atoms with Crippen molar-refractivity contribution < 1.29 is 4.79 Å². The molecule has 3 rings (SSSR count). The van der Waals surface area contributed by atoms with Gasteiger partial charge in [-0.1, -0.05) is 45.2 Å². The molecule has 0 saturated heterocycles. The maximum atomic E-state index is 12.6. The van der Waals surface area contributed by atoms with Crippen molar-refractivity contribution in [1.82, 2.24) is 20.1 Å². The highest BCUT2D eigenvalue weighted by Gasteiger charge is 2.34. The van der Waals surface area contributed by atoms with E-state index >= 15 is 0 Å². The van der Waals surface area contributed by atoms with Crippen LogP contribution in [0.25, 0.3) is 5.69 Å². The molecule has 0 bridgehead atoms. The van der Waals surface area contributed by atoms with Crippen molar-refractivity contribution in [2.24, 2.45) is 11.3 Å². The molecule has 146 valence electrons. The predicted molar refractivity (Wildman–Crippen MR) is 108 cm³/mol. The zero-order valence-electron chi connectivity index (χ0n) is 16.2. The third-order valence-electron chi connectivity index (χ3n) is 5.30. The Balaban J connectivity index is 1.65. The summed E-state index contributed by atoms with van der Waals surface area (Å²) in [6.45, 7) is 7.14. The summed E-state index contributed by atoms with van der Waals surface area (Å²) in [7, 11) is 0. The van der Waals surface area contributed by atoms with E-state index in [0.29, 0.717) is 22.7 Å². The average Bonchev–Trinajstić information content (AvgIpc) is 3.14. The number of rotatable bonds is 5. The van der Waals surface area contributed by atoms with E-state index in [1.54, 1.807) is 23.1 Å². The largest absolute Gasteiger partial charge is 0.323 e. The first-order valence-electron chi connectivity index (χ1n) is 9.52. The maximum absolute atomic E-state index is 12.6. The van der Waals surface area contributed by atoms with E-state index in [-0.39, 0.29) is 17.9 Å². The van der Waals surface area contributed by atoms with Gasteiger partial charge in [-0.15, -0.1) is 0 Å². The Bertz CT molecular complexity index is 769. The van der Waals surface area contributed by atoms with E-state index in [2.05, 4.69) is 41.5 Å². The summed E-state index contributed by atoms with van der Waals surface area (Å²) in [6.07, 6.45) is 7.88. The second kappa shape index (κ2) is 8.40. The van der Waals surface area contributed by atoms with Crippen LogP contribution in [0.1, 0.15) is 46.5 Å². The average molecular weight is 390 g/mol. The monoisotopic (exact) mass is 389 g/mol. The topological polar surface area (TPSA) is 71.8 Å². The number of hydrogen-bond donors (Lipinski definition) is 2. The second-order valence-electron chi connectivity index (χ2n) is 8.29. The van der Waals surface area contributed by atoms with Crippen LogP contribution in [0.3, 0.4) is 0 Å². The predicted octanol–water partition coefficient (Wildman–Crippen LogP) is 4.05. The van der Waals surface area contributed by atoms with Gasteiger partial charge < -0.3 is 10.6 Å². The van der Waals surface area contributed by atoms with Crippen LogP contribution in [0.4, 0.5) is 5.69 Å². The summed E-state index contributed by atoms with van der Waals surface area (Å²) in [5.41, 5.74) is 1.59. The SMILES string of the molecule is CC(C)(C)C1CCCCC1NCC(=O)Nc1cc(Cl)ccc1-n1cncn1. The molecule has 1 heterocycles. The molecule has 2 unspecified atom stereocenters. The Morgan fingerprint density at radius 3 is 2.78 bits per heavy atom. The van der Waals surface area contributed by atoms with Crippen molar-refractivity contribution in [3.63, 3.8) is 0 Å². The van der Waals surface area contributed by atoms with Gasteiger partial charge in [0.1, 0.15) is 12.7 Å². The number of carbonyl (C=O) groups excluding carboxylic acids is 1. The van der Waals surface area contributed by atoms with Gasteiger partial charge in [0.2, 0.25) is 5.91 Å². The van der Waals surface area contributed by atoms with Crippen molar-refractivity contribution in [3.8, 4) is 5.69 Å². The van der Waals surface area contributed by atoms with Crippen LogP contribution in [0, 0.1) is 11.3 Å². The highest BCUT2D eigenvalue weighted by Crippen LogP contribution is 2.37. The van der Waals surface area contributed by atoms with E-state index in [1.807, 2.05) is 6.07 Å². The number of aromatic nitrogens is 3. The minimum Gasteiger partial charge on any atom is -0.323 e. The van der Waals surface area contributed by atoms with Crippen molar-refractivity contribution in [2.75, 3.05) is 11.9 Å². The normalized spacial score (nSPS) is 20.4. The van der Waals surface area contributed by atoms with Gasteiger partial charge in [0.05, 0.1) is 17.9 Å². The summed E-state index contributed by atoms with van der Waals surface area (Å²) in [5.74, 6) is 0.493. The molecule has 1 aliphatic rings. The van der Waals surface area contributed by atoms with Gasteiger partial charge in [-0.05, 0) is 42.4 Å². The summed E-state index contributed by atoms with van der Waals surface area (Å²) < 4.78 is 1.61. The molecular weight excluding hydrogens is 362 g/mol. The van der Waals surface area contributed by atoms with Crippen molar-refractivity contribution in [2.45, 2.75) is 52.5 Å². The van der Waals surface area contributed by atoms with Crippen LogP contribution in [-0.4, -0.2) is 33.3 Å². The van der Waals surface area contributed by atoms with Gasteiger partial charge in [0.25, 0.3) is 0 Å². The quantitative estimate of drug-likeness (QED) is 0.809. The van der Waals surface area contributed by atoms with Gasteiger partial charge in [0.15, 0.2) is 0 Å². The zero-order chi connectivity index (χ0) is 19.4. The molecule has 27 heavy (non-hydrogen) atoms. The summed E-state index contributed by atoms with van der Waals surface area (Å²) in [6, 6.07) is 5.69. The Kier molecular flexibility index (Phi) is 6.17.